The summed E-state index contributed by atoms with van der Waals surface area (Å²) in [6, 6.07) is 5.71. The average Bonchev–Trinajstić information content (AvgIpc) is 3.53. The molecule has 4 aromatic rings. The molecule has 174 valence electrons. The Hall–Kier alpha value is -3.50. The van der Waals surface area contributed by atoms with Gasteiger partial charge in [0.1, 0.15) is 11.3 Å². The van der Waals surface area contributed by atoms with Crippen molar-refractivity contribution in [3.63, 3.8) is 0 Å². The molecule has 3 aromatic heterocycles. The van der Waals surface area contributed by atoms with Crippen molar-refractivity contribution in [3.8, 4) is 11.3 Å². The topological polar surface area (TPSA) is 140 Å². The first kappa shape index (κ1) is 21.1. The molecule has 10 nitrogen and oxygen atoms in total. The number of nitrogens with two attached hydrogens (primary N) is 2. The van der Waals surface area contributed by atoms with Crippen molar-refractivity contribution < 1.29 is 0 Å². The van der Waals surface area contributed by atoms with Gasteiger partial charge in [-0.25, -0.2) is 9.97 Å². The fraction of sp³-hybridized carbons (Fsp3) is 0.348. The maximum atomic E-state index is 6.64. The number of fused-ring (bicyclic) bond motifs is 2. The fourth-order valence-electron chi connectivity index (χ4n) is 5.29. The van der Waals surface area contributed by atoms with Crippen LogP contribution in [-0.4, -0.2) is 56.3 Å². The van der Waals surface area contributed by atoms with Gasteiger partial charge in [-0.1, -0.05) is 11.6 Å². The molecule has 11 heteroatoms. The molecular weight excluding hydrogens is 452 g/mol. The van der Waals surface area contributed by atoms with Gasteiger partial charge < -0.3 is 16.4 Å². The van der Waals surface area contributed by atoms with E-state index in [2.05, 4.69) is 29.9 Å². The van der Waals surface area contributed by atoms with E-state index in [4.69, 9.17) is 33.0 Å². The van der Waals surface area contributed by atoms with Crippen LogP contribution in [0.5, 0.6) is 0 Å². The number of halogens is 1. The zero-order valence-corrected chi connectivity index (χ0v) is 19.5. The van der Waals surface area contributed by atoms with Gasteiger partial charge in [0.05, 0.1) is 28.6 Å². The Labute approximate surface area is 201 Å². The van der Waals surface area contributed by atoms with E-state index in [0.29, 0.717) is 33.1 Å². The van der Waals surface area contributed by atoms with Crippen LogP contribution >= 0.6 is 11.6 Å². The first-order valence-corrected chi connectivity index (χ1v) is 11.6. The summed E-state index contributed by atoms with van der Waals surface area (Å²) in [6.45, 7) is 2.60. The van der Waals surface area contributed by atoms with Crippen LogP contribution in [0.2, 0.25) is 5.02 Å². The molecule has 2 aliphatic rings. The zero-order chi connectivity index (χ0) is 23.4. The van der Waals surface area contributed by atoms with Crippen molar-refractivity contribution in [2.24, 2.45) is 16.1 Å². The van der Waals surface area contributed by atoms with Gasteiger partial charge in [-0.05, 0) is 31.0 Å². The monoisotopic (exact) mass is 476 g/mol. The number of piperidine rings is 1. The summed E-state index contributed by atoms with van der Waals surface area (Å²) in [7, 11) is 1.68. The first-order chi connectivity index (χ1) is 16.5. The number of hydrogen-bond donors (Lipinski definition) is 3. The third kappa shape index (κ3) is 3.09. The molecule has 1 aromatic carbocycles. The number of aromatic amines is 1. The Morgan fingerprint density at radius 2 is 2.09 bits per heavy atom. The SMILES string of the molecule is CN=Cc1c(N)ccc(-c2[nH]nc3nc(N4CCC5(CC4)Cn4nccc4C5N)cnc23)c1Cl. The molecule has 0 amide bonds. The third-order valence-corrected chi connectivity index (χ3v) is 7.68. The molecule has 0 saturated carbocycles. The predicted molar refractivity (Wildman–Crippen MR) is 133 cm³/mol. The van der Waals surface area contributed by atoms with Gasteiger partial charge in [0.2, 0.25) is 5.65 Å². The number of nitrogen functional groups attached to an aromatic ring is 1. The van der Waals surface area contributed by atoms with E-state index in [1.807, 2.05) is 18.3 Å². The molecule has 1 saturated heterocycles. The summed E-state index contributed by atoms with van der Waals surface area (Å²) in [5.74, 6) is 0.812. The van der Waals surface area contributed by atoms with Gasteiger partial charge in [0, 0.05) is 61.3 Å². The quantitative estimate of drug-likeness (QED) is 0.305. The number of aromatic nitrogens is 6. The molecule has 2 aliphatic heterocycles. The first-order valence-electron chi connectivity index (χ1n) is 11.2. The number of rotatable bonds is 3. The number of benzene rings is 1. The lowest BCUT2D eigenvalue weighted by Gasteiger charge is -2.41. The summed E-state index contributed by atoms with van der Waals surface area (Å²) in [6.07, 6.45) is 7.24. The lowest BCUT2D eigenvalue weighted by atomic mass is 9.73. The van der Waals surface area contributed by atoms with Crippen molar-refractivity contribution >= 4 is 40.5 Å². The van der Waals surface area contributed by atoms with E-state index >= 15 is 0 Å². The molecule has 1 spiro atoms. The number of nitrogens with one attached hydrogen (secondary N) is 1. The van der Waals surface area contributed by atoms with E-state index in [1.165, 1.54) is 0 Å². The van der Waals surface area contributed by atoms with Gasteiger partial charge in [-0.3, -0.25) is 14.8 Å². The van der Waals surface area contributed by atoms with Crippen LogP contribution in [-0.2, 0) is 6.54 Å². The maximum absolute atomic E-state index is 6.64. The van der Waals surface area contributed by atoms with Crippen molar-refractivity contribution in [3.05, 3.63) is 46.9 Å². The fourth-order valence-corrected chi connectivity index (χ4v) is 5.60. The molecule has 34 heavy (non-hydrogen) atoms. The number of aliphatic imine (C=N–C) groups is 1. The third-order valence-electron chi connectivity index (χ3n) is 7.27. The minimum Gasteiger partial charge on any atom is -0.398 e. The molecule has 6 rings (SSSR count). The second-order valence-corrected chi connectivity index (χ2v) is 9.44. The number of hydrogen-bond acceptors (Lipinski definition) is 8. The molecule has 1 fully saturated rings. The van der Waals surface area contributed by atoms with Crippen LogP contribution < -0.4 is 16.4 Å². The molecule has 1 atom stereocenters. The van der Waals surface area contributed by atoms with Crippen molar-refractivity contribution in [1.29, 1.82) is 0 Å². The van der Waals surface area contributed by atoms with Gasteiger partial charge in [0.25, 0.3) is 0 Å². The van der Waals surface area contributed by atoms with Crippen LogP contribution in [0.1, 0.15) is 30.1 Å². The molecule has 5 N–H and O–H groups in total. The second-order valence-electron chi connectivity index (χ2n) is 9.06. The average molecular weight is 477 g/mol. The second kappa shape index (κ2) is 7.78. The normalized spacial score (nSPS) is 19.5. The van der Waals surface area contributed by atoms with Gasteiger partial charge in [-0.15, -0.1) is 0 Å². The lowest BCUT2D eigenvalue weighted by Crippen LogP contribution is -2.45. The van der Waals surface area contributed by atoms with Crippen molar-refractivity contribution in [2.45, 2.75) is 25.4 Å². The molecule has 0 aliphatic carbocycles. The Morgan fingerprint density at radius 1 is 1.26 bits per heavy atom. The highest BCUT2D eigenvalue weighted by Gasteiger charge is 2.47. The Morgan fingerprint density at radius 3 is 2.85 bits per heavy atom. The van der Waals surface area contributed by atoms with Crippen LogP contribution in [0.4, 0.5) is 11.5 Å². The number of anilines is 2. The minimum absolute atomic E-state index is 0.0203. The number of H-pyrrole nitrogens is 1. The largest absolute Gasteiger partial charge is 0.398 e. The van der Waals surface area contributed by atoms with Crippen molar-refractivity contribution in [2.75, 3.05) is 30.8 Å². The van der Waals surface area contributed by atoms with Gasteiger partial charge in [0.15, 0.2) is 0 Å². The van der Waals surface area contributed by atoms with E-state index < -0.39 is 0 Å². The zero-order valence-electron chi connectivity index (χ0n) is 18.7. The molecular formula is C23H25ClN10. The Balaban J connectivity index is 1.26. The summed E-state index contributed by atoms with van der Waals surface area (Å²) >= 11 is 6.64. The Kier molecular flexibility index (Phi) is 4.82. The summed E-state index contributed by atoms with van der Waals surface area (Å²) in [4.78, 5) is 15.8. The summed E-state index contributed by atoms with van der Waals surface area (Å²) in [5, 5.41) is 12.4. The number of nitrogens with zero attached hydrogens (tertiary/aromatic N) is 7. The standard InChI is InChI=1S/C23H25ClN10/c1-27-10-14-15(25)3-2-13(18(14)24)19-20-22(32-31-19)30-17(11-28-20)33-8-5-23(6-9-33)12-34-16(21(23)26)4-7-29-34/h2-4,7,10-11,21H,5-6,8-9,12,25-26H2,1H3,(H,30,31,32). The molecule has 5 heterocycles. The smallest absolute Gasteiger partial charge is 0.202 e. The highest BCUT2D eigenvalue weighted by molar-refractivity contribution is 6.36. The Bertz CT molecular complexity index is 1410. The van der Waals surface area contributed by atoms with E-state index in [9.17, 15) is 0 Å². The highest BCUT2D eigenvalue weighted by Crippen LogP contribution is 2.48. The lowest BCUT2D eigenvalue weighted by molar-refractivity contribution is 0.170. The van der Waals surface area contributed by atoms with Gasteiger partial charge in [-0.2, -0.15) is 10.2 Å². The van der Waals surface area contributed by atoms with E-state index in [0.717, 1.165) is 49.6 Å². The van der Waals surface area contributed by atoms with Gasteiger partial charge >= 0.3 is 0 Å². The molecule has 1 unspecified atom stereocenters. The molecule has 0 bridgehead atoms. The van der Waals surface area contributed by atoms with Crippen LogP contribution in [0.3, 0.4) is 0 Å². The highest BCUT2D eigenvalue weighted by atomic mass is 35.5. The van der Waals surface area contributed by atoms with E-state index in [1.54, 1.807) is 25.5 Å². The van der Waals surface area contributed by atoms with E-state index in [-0.39, 0.29) is 11.5 Å². The maximum Gasteiger partial charge on any atom is 0.202 e. The summed E-state index contributed by atoms with van der Waals surface area (Å²) < 4.78 is 2.05. The van der Waals surface area contributed by atoms with Crippen molar-refractivity contribution in [1.82, 2.24) is 29.9 Å². The minimum atomic E-state index is 0.0203. The predicted octanol–water partition coefficient (Wildman–Crippen LogP) is 2.80. The summed E-state index contributed by atoms with van der Waals surface area (Å²) in [5.41, 5.74) is 17.8. The van der Waals surface area contributed by atoms with Crippen LogP contribution in [0.25, 0.3) is 22.4 Å². The van der Waals surface area contributed by atoms with Crippen LogP contribution in [0.15, 0.2) is 35.6 Å². The molecule has 0 radical (unpaired) electrons. The van der Waals surface area contributed by atoms with Crippen LogP contribution in [0, 0.1) is 5.41 Å².